The van der Waals surface area contributed by atoms with Crippen LogP contribution in [0.2, 0.25) is 0 Å². The Hall–Kier alpha value is -7.60. The van der Waals surface area contributed by atoms with Crippen molar-refractivity contribution in [3.63, 3.8) is 0 Å². The van der Waals surface area contributed by atoms with Crippen LogP contribution in [0.4, 0.5) is 34.1 Å². The van der Waals surface area contributed by atoms with E-state index in [1.807, 2.05) is 103 Å². The molecule has 1 heterocycles. The molecule has 252 valence electrons. The highest BCUT2D eigenvalue weighted by Gasteiger charge is 2.14. The quantitative estimate of drug-likeness (QED) is 0.107. The SMILES string of the molecule is [C-]#[N+]C(C#N)=C1C=C(C=Cc2ccc(N(c3ccccc3)c3ccccc3)cc2)OC(C=Cc2ccc(N(c3ccccc3)c3ccccc3)cc2)=C1. The van der Waals surface area contributed by atoms with Crippen LogP contribution in [0.1, 0.15) is 11.1 Å². The van der Waals surface area contributed by atoms with Crippen LogP contribution >= 0.6 is 0 Å². The topological polar surface area (TPSA) is 43.9 Å². The van der Waals surface area contributed by atoms with Gasteiger partial charge in [-0.2, -0.15) is 0 Å². The molecule has 5 heteroatoms. The first-order chi connectivity index (χ1) is 26.2. The normalized spacial score (nSPS) is 12.3. The number of nitriles is 1. The largest absolute Gasteiger partial charge is 0.457 e. The molecule has 0 aromatic heterocycles. The van der Waals surface area contributed by atoms with Crippen LogP contribution in [0, 0.1) is 17.9 Å². The molecule has 0 saturated heterocycles. The minimum absolute atomic E-state index is 0.00244. The van der Waals surface area contributed by atoms with Crippen LogP contribution in [-0.4, -0.2) is 0 Å². The van der Waals surface area contributed by atoms with E-state index in [1.165, 1.54) is 0 Å². The second kappa shape index (κ2) is 16.4. The summed E-state index contributed by atoms with van der Waals surface area (Å²) < 4.78 is 6.24. The highest BCUT2D eigenvalue weighted by Crippen LogP contribution is 2.36. The van der Waals surface area contributed by atoms with Gasteiger partial charge >= 0.3 is 0 Å². The van der Waals surface area contributed by atoms with E-state index in [0.29, 0.717) is 17.1 Å². The number of benzene rings is 6. The zero-order valence-electron chi connectivity index (χ0n) is 28.8. The summed E-state index contributed by atoms with van der Waals surface area (Å²) >= 11 is 0. The maximum absolute atomic E-state index is 9.67. The van der Waals surface area contributed by atoms with Gasteiger partial charge in [0.15, 0.2) is 0 Å². The molecule has 0 spiro atoms. The van der Waals surface area contributed by atoms with Crippen molar-refractivity contribution in [2.24, 2.45) is 0 Å². The van der Waals surface area contributed by atoms with Gasteiger partial charge in [-0.25, -0.2) is 10.1 Å². The van der Waals surface area contributed by atoms with Gasteiger partial charge in [-0.1, -0.05) is 109 Å². The third-order valence-electron chi connectivity index (χ3n) is 8.56. The summed E-state index contributed by atoms with van der Waals surface area (Å²) in [4.78, 5) is 7.88. The van der Waals surface area contributed by atoms with Crippen LogP contribution in [0.3, 0.4) is 0 Å². The molecule has 1 aliphatic rings. The predicted molar refractivity (Wildman–Crippen MR) is 217 cm³/mol. The van der Waals surface area contributed by atoms with Gasteiger partial charge in [-0.15, -0.1) is 0 Å². The van der Waals surface area contributed by atoms with E-state index < -0.39 is 0 Å². The summed E-state index contributed by atoms with van der Waals surface area (Å²) in [6, 6.07) is 59.7. The summed E-state index contributed by atoms with van der Waals surface area (Å²) in [6.07, 6.45) is 11.1. The molecule has 0 aliphatic carbocycles. The molecule has 0 N–H and O–H groups in total. The fraction of sp³-hybridized carbons (Fsp3) is 0. The number of allylic oxidation sites excluding steroid dienone is 6. The summed E-state index contributed by atoms with van der Waals surface area (Å²) in [5.41, 5.74) is 8.79. The molecule has 0 unspecified atom stereocenters. The first-order valence-corrected chi connectivity index (χ1v) is 17.2. The van der Waals surface area contributed by atoms with Crippen molar-refractivity contribution in [1.82, 2.24) is 0 Å². The Balaban J connectivity index is 1.10. The monoisotopic (exact) mass is 682 g/mol. The van der Waals surface area contributed by atoms with Crippen LogP contribution in [0.5, 0.6) is 0 Å². The van der Waals surface area contributed by atoms with Crippen molar-refractivity contribution in [3.8, 4) is 6.07 Å². The second-order valence-corrected chi connectivity index (χ2v) is 12.1. The van der Waals surface area contributed by atoms with Crippen molar-refractivity contribution >= 4 is 46.3 Å². The number of rotatable bonds is 10. The lowest BCUT2D eigenvalue weighted by Crippen LogP contribution is -2.09. The third kappa shape index (κ3) is 8.24. The highest BCUT2D eigenvalue weighted by atomic mass is 16.5. The fourth-order valence-electron chi connectivity index (χ4n) is 6.03. The van der Waals surface area contributed by atoms with Gasteiger partial charge in [0.1, 0.15) is 11.5 Å². The molecule has 7 rings (SSSR count). The molecule has 53 heavy (non-hydrogen) atoms. The van der Waals surface area contributed by atoms with E-state index in [9.17, 15) is 5.26 Å². The molecule has 0 fully saturated rings. The zero-order valence-corrected chi connectivity index (χ0v) is 28.8. The maximum atomic E-state index is 9.67. The average molecular weight is 683 g/mol. The van der Waals surface area contributed by atoms with Crippen molar-refractivity contribution in [2.45, 2.75) is 0 Å². The van der Waals surface area contributed by atoms with Crippen molar-refractivity contribution < 1.29 is 4.74 Å². The Morgan fingerprint density at radius 2 is 0.792 bits per heavy atom. The summed E-state index contributed by atoms with van der Waals surface area (Å²) in [5, 5.41) is 9.67. The first-order valence-electron chi connectivity index (χ1n) is 17.2. The Kier molecular flexibility index (Phi) is 10.5. The third-order valence-corrected chi connectivity index (χ3v) is 8.56. The Morgan fingerprint density at radius 3 is 1.09 bits per heavy atom. The van der Waals surface area contributed by atoms with Gasteiger partial charge in [0, 0.05) is 34.1 Å². The molecule has 6 aromatic carbocycles. The zero-order chi connectivity index (χ0) is 36.2. The number of para-hydroxylation sites is 4. The van der Waals surface area contributed by atoms with E-state index in [2.05, 4.69) is 112 Å². The van der Waals surface area contributed by atoms with Crippen molar-refractivity contribution in [2.75, 3.05) is 9.80 Å². The fourth-order valence-corrected chi connectivity index (χ4v) is 6.03. The van der Waals surface area contributed by atoms with Gasteiger partial charge in [0.05, 0.1) is 12.6 Å². The molecular weight excluding hydrogens is 649 g/mol. The number of nitrogens with zero attached hydrogens (tertiary/aromatic N) is 4. The lowest BCUT2D eigenvalue weighted by Gasteiger charge is -2.25. The highest BCUT2D eigenvalue weighted by molar-refractivity contribution is 5.78. The van der Waals surface area contributed by atoms with E-state index in [1.54, 1.807) is 12.2 Å². The number of ether oxygens (including phenoxy) is 1. The van der Waals surface area contributed by atoms with E-state index in [-0.39, 0.29) is 5.70 Å². The van der Waals surface area contributed by atoms with Crippen molar-refractivity contribution in [1.29, 1.82) is 5.26 Å². The first kappa shape index (κ1) is 33.9. The molecule has 0 radical (unpaired) electrons. The van der Waals surface area contributed by atoms with Gasteiger partial charge in [0.2, 0.25) is 0 Å². The summed E-state index contributed by atoms with van der Waals surface area (Å²) in [7, 11) is 0. The smallest absolute Gasteiger partial charge is 0.269 e. The molecule has 0 atom stereocenters. The summed E-state index contributed by atoms with van der Waals surface area (Å²) in [5.74, 6) is 1.05. The molecule has 0 saturated carbocycles. The number of hydrogen-bond acceptors (Lipinski definition) is 4. The maximum Gasteiger partial charge on any atom is 0.269 e. The minimum Gasteiger partial charge on any atom is -0.457 e. The molecule has 1 aliphatic heterocycles. The molecule has 5 nitrogen and oxygen atoms in total. The van der Waals surface area contributed by atoms with Crippen LogP contribution in [0.25, 0.3) is 17.0 Å². The van der Waals surface area contributed by atoms with Gasteiger partial charge in [-0.3, -0.25) is 0 Å². The van der Waals surface area contributed by atoms with Crippen molar-refractivity contribution in [3.05, 3.63) is 239 Å². The molecule has 6 aromatic rings. The summed E-state index contributed by atoms with van der Waals surface area (Å²) in [6.45, 7) is 7.56. The van der Waals surface area contributed by atoms with Gasteiger partial charge < -0.3 is 14.5 Å². The average Bonchev–Trinajstić information content (AvgIpc) is 3.22. The predicted octanol–water partition coefficient (Wildman–Crippen LogP) is 12.8. The Morgan fingerprint density at radius 1 is 0.472 bits per heavy atom. The lowest BCUT2D eigenvalue weighted by atomic mass is 10.1. The molecule has 0 bridgehead atoms. The second-order valence-electron chi connectivity index (χ2n) is 12.1. The number of hydrogen-bond donors (Lipinski definition) is 0. The Labute approximate surface area is 310 Å². The van der Waals surface area contributed by atoms with Gasteiger partial charge in [-0.05, 0) is 114 Å². The molecule has 0 amide bonds. The minimum atomic E-state index is 0.00244. The van der Waals surface area contributed by atoms with Crippen LogP contribution < -0.4 is 9.80 Å². The molecular formula is C48H34N4O. The van der Waals surface area contributed by atoms with E-state index in [4.69, 9.17) is 11.3 Å². The van der Waals surface area contributed by atoms with Gasteiger partial charge in [0.25, 0.3) is 5.70 Å². The Bertz CT molecular complexity index is 2150. The standard InChI is InChI=1S/C48H34N4O/c1-50-48(36-49)39-34-46(32-26-37-22-28-44(29-23-37)51(40-14-6-2-7-15-40)41-16-8-3-9-17-41)53-47(35-39)33-27-38-24-30-45(31-25-38)52(42-18-10-4-11-19-42)43-20-12-5-13-21-43/h2-35H. The lowest BCUT2D eigenvalue weighted by molar-refractivity contribution is 0.332. The number of anilines is 6. The van der Waals surface area contributed by atoms with E-state index in [0.717, 1.165) is 45.3 Å². The van der Waals surface area contributed by atoms with Crippen LogP contribution in [0.15, 0.2) is 217 Å². The van der Waals surface area contributed by atoms with E-state index >= 15 is 0 Å². The van der Waals surface area contributed by atoms with Crippen LogP contribution in [-0.2, 0) is 4.74 Å².